The molecule has 3 aromatic rings. The van der Waals surface area contributed by atoms with Crippen LogP contribution in [-0.4, -0.2) is 44.7 Å². The van der Waals surface area contributed by atoms with Crippen molar-refractivity contribution in [2.45, 2.75) is 12.5 Å². The lowest BCUT2D eigenvalue weighted by molar-refractivity contribution is 0.222. The van der Waals surface area contributed by atoms with Crippen molar-refractivity contribution in [2.75, 3.05) is 23.7 Å². The Morgan fingerprint density at radius 2 is 2.29 bits per heavy atom. The van der Waals surface area contributed by atoms with Gasteiger partial charge in [0.1, 0.15) is 10.2 Å². The molecule has 0 aliphatic carbocycles. The third-order valence-electron chi connectivity index (χ3n) is 3.94. The Kier molecular flexibility index (Phi) is 3.99. The van der Waals surface area contributed by atoms with Gasteiger partial charge in [0.25, 0.3) is 0 Å². The van der Waals surface area contributed by atoms with E-state index in [1.165, 1.54) is 11.3 Å². The predicted octanol–water partition coefficient (Wildman–Crippen LogP) is 3.16. The molecule has 3 aromatic heterocycles. The fraction of sp³-hybridized carbons (Fsp3) is 0.267. The molecule has 24 heavy (non-hydrogen) atoms. The number of amides is 2. The molecule has 1 fully saturated rings. The smallest absolute Gasteiger partial charge is 0.321 e. The van der Waals surface area contributed by atoms with Crippen molar-refractivity contribution < 1.29 is 4.79 Å². The molecule has 1 saturated heterocycles. The van der Waals surface area contributed by atoms with Gasteiger partial charge in [-0.25, -0.2) is 14.3 Å². The number of carbonyl (C=O) groups is 1. The van der Waals surface area contributed by atoms with Crippen LogP contribution in [0.15, 0.2) is 36.0 Å². The highest BCUT2D eigenvalue weighted by Gasteiger charge is 2.27. The highest BCUT2D eigenvalue weighted by molar-refractivity contribution is 7.15. The minimum atomic E-state index is -0.127. The highest BCUT2D eigenvalue weighted by Crippen LogP contribution is 2.28. The van der Waals surface area contributed by atoms with E-state index in [2.05, 4.69) is 20.7 Å². The Labute approximate surface area is 147 Å². The molecule has 1 unspecified atom stereocenters. The van der Waals surface area contributed by atoms with Crippen LogP contribution >= 0.6 is 22.9 Å². The average Bonchev–Trinajstić information content (AvgIpc) is 3.29. The first-order chi connectivity index (χ1) is 11.7. The van der Waals surface area contributed by atoms with Crippen LogP contribution in [0.1, 0.15) is 6.42 Å². The van der Waals surface area contributed by atoms with Gasteiger partial charge < -0.3 is 15.5 Å². The summed E-state index contributed by atoms with van der Waals surface area (Å²) in [6, 6.07) is 5.66. The minimum Gasteiger partial charge on any atom is -0.364 e. The molecule has 1 aliphatic heterocycles. The number of rotatable bonds is 3. The molecule has 1 atom stereocenters. The van der Waals surface area contributed by atoms with Crippen molar-refractivity contribution in [3.8, 4) is 0 Å². The second kappa shape index (κ2) is 6.29. The lowest BCUT2D eigenvalue weighted by Gasteiger charge is -2.18. The standard InChI is InChI=1S/C15H15ClN6OS/c16-14-11(4-8-24-14)19-15(23)21-6-3-10(9-21)18-12-1-2-13-17-5-7-22(13)20-12/h1-2,4-5,7-8,10H,3,6,9H2,(H,18,20)(H,19,23). The molecule has 124 valence electrons. The third-order valence-corrected chi connectivity index (χ3v) is 5.11. The van der Waals surface area contributed by atoms with E-state index in [0.717, 1.165) is 17.9 Å². The number of imidazole rings is 1. The number of urea groups is 1. The molecule has 0 aromatic carbocycles. The van der Waals surface area contributed by atoms with E-state index in [9.17, 15) is 4.79 Å². The topological polar surface area (TPSA) is 74.6 Å². The summed E-state index contributed by atoms with van der Waals surface area (Å²) >= 11 is 7.42. The van der Waals surface area contributed by atoms with Crippen LogP contribution in [0.4, 0.5) is 16.3 Å². The molecular formula is C15H15ClN6OS. The number of nitrogens with one attached hydrogen (secondary N) is 2. The van der Waals surface area contributed by atoms with Crippen LogP contribution < -0.4 is 10.6 Å². The van der Waals surface area contributed by atoms with Gasteiger partial charge in [-0.1, -0.05) is 11.6 Å². The van der Waals surface area contributed by atoms with E-state index < -0.39 is 0 Å². The van der Waals surface area contributed by atoms with Gasteiger partial charge in [-0.05, 0) is 30.0 Å². The Hall–Kier alpha value is -2.32. The van der Waals surface area contributed by atoms with Crippen molar-refractivity contribution >= 4 is 46.1 Å². The summed E-state index contributed by atoms with van der Waals surface area (Å²) in [6.45, 7) is 1.32. The van der Waals surface area contributed by atoms with Crippen LogP contribution in [0.2, 0.25) is 4.34 Å². The fourth-order valence-corrected chi connectivity index (χ4v) is 3.57. The number of carbonyl (C=O) groups excluding carboxylic acids is 1. The van der Waals surface area contributed by atoms with E-state index in [1.54, 1.807) is 27.9 Å². The monoisotopic (exact) mass is 362 g/mol. The van der Waals surface area contributed by atoms with E-state index in [1.807, 2.05) is 17.5 Å². The third kappa shape index (κ3) is 3.02. The number of fused-ring (bicyclic) bond motifs is 1. The van der Waals surface area contributed by atoms with Crippen LogP contribution in [0.3, 0.4) is 0 Å². The second-order valence-electron chi connectivity index (χ2n) is 5.56. The maximum atomic E-state index is 12.3. The van der Waals surface area contributed by atoms with E-state index in [4.69, 9.17) is 11.6 Å². The Balaban J connectivity index is 1.37. The number of nitrogens with zero attached hydrogens (tertiary/aromatic N) is 4. The molecule has 4 rings (SSSR count). The largest absolute Gasteiger partial charge is 0.364 e. The Morgan fingerprint density at radius 1 is 1.38 bits per heavy atom. The average molecular weight is 363 g/mol. The number of halogens is 1. The number of aromatic nitrogens is 3. The minimum absolute atomic E-state index is 0.127. The van der Waals surface area contributed by atoms with Gasteiger partial charge in [0.05, 0.1) is 5.69 Å². The Morgan fingerprint density at radius 3 is 3.12 bits per heavy atom. The van der Waals surface area contributed by atoms with E-state index in [0.29, 0.717) is 23.1 Å². The van der Waals surface area contributed by atoms with E-state index >= 15 is 0 Å². The van der Waals surface area contributed by atoms with Crippen molar-refractivity contribution in [3.05, 3.63) is 40.3 Å². The SMILES string of the molecule is O=C(Nc1ccsc1Cl)N1CCC(Nc2ccc3nccn3n2)C1. The molecular weight excluding hydrogens is 348 g/mol. The van der Waals surface area contributed by atoms with Gasteiger partial charge in [0, 0.05) is 31.5 Å². The van der Waals surface area contributed by atoms with Crippen molar-refractivity contribution in [1.82, 2.24) is 19.5 Å². The lowest BCUT2D eigenvalue weighted by atomic mass is 10.2. The summed E-state index contributed by atoms with van der Waals surface area (Å²) < 4.78 is 2.32. The summed E-state index contributed by atoms with van der Waals surface area (Å²) in [7, 11) is 0. The zero-order valence-electron chi connectivity index (χ0n) is 12.6. The fourth-order valence-electron chi connectivity index (χ4n) is 2.74. The quantitative estimate of drug-likeness (QED) is 0.750. The number of anilines is 2. The molecule has 0 radical (unpaired) electrons. The van der Waals surface area contributed by atoms with Crippen molar-refractivity contribution in [2.24, 2.45) is 0 Å². The van der Waals surface area contributed by atoms with Gasteiger partial charge in [0.15, 0.2) is 5.65 Å². The first-order valence-electron chi connectivity index (χ1n) is 7.55. The van der Waals surface area contributed by atoms with Gasteiger partial charge in [-0.3, -0.25) is 0 Å². The maximum Gasteiger partial charge on any atom is 0.321 e. The first-order valence-corrected chi connectivity index (χ1v) is 8.81. The lowest BCUT2D eigenvalue weighted by Crippen LogP contribution is -2.35. The summed E-state index contributed by atoms with van der Waals surface area (Å²) in [5.41, 5.74) is 1.47. The van der Waals surface area contributed by atoms with E-state index in [-0.39, 0.29) is 12.1 Å². The number of likely N-dealkylation sites (tertiary alicyclic amines) is 1. The highest BCUT2D eigenvalue weighted by atomic mass is 35.5. The molecule has 4 heterocycles. The maximum absolute atomic E-state index is 12.3. The number of hydrogen-bond donors (Lipinski definition) is 2. The number of hydrogen-bond acceptors (Lipinski definition) is 5. The van der Waals surface area contributed by atoms with Crippen LogP contribution in [0, 0.1) is 0 Å². The molecule has 0 bridgehead atoms. The molecule has 2 amide bonds. The Bertz CT molecular complexity index is 878. The van der Waals surface area contributed by atoms with Crippen molar-refractivity contribution in [3.63, 3.8) is 0 Å². The van der Waals surface area contributed by atoms with Gasteiger partial charge in [0.2, 0.25) is 0 Å². The summed E-state index contributed by atoms with van der Waals surface area (Å²) in [5.74, 6) is 0.772. The number of thiophene rings is 1. The molecule has 7 nitrogen and oxygen atoms in total. The summed E-state index contributed by atoms with van der Waals surface area (Å²) in [4.78, 5) is 18.3. The van der Waals surface area contributed by atoms with Crippen LogP contribution in [-0.2, 0) is 0 Å². The molecule has 9 heteroatoms. The molecule has 0 saturated carbocycles. The van der Waals surface area contributed by atoms with Gasteiger partial charge in [-0.15, -0.1) is 16.4 Å². The zero-order valence-corrected chi connectivity index (χ0v) is 14.2. The van der Waals surface area contributed by atoms with Crippen molar-refractivity contribution in [1.29, 1.82) is 0 Å². The molecule has 0 spiro atoms. The van der Waals surface area contributed by atoms with Crippen LogP contribution in [0.25, 0.3) is 5.65 Å². The first kappa shape index (κ1) is 15.2. The van der Waals surface area contributed by atoms with Gasteiger partial charge >= 0.3 is 6.03 Å². The second-order valence-corrected chi connectivity index (χ2v) is 7.08. The van der Waals surface area contributed by atoms with Crippen LogP contribution in [0.5, 0.6) is 0 Å². The summed E-state index contributed by atoms with van der Waals surface area (Å²) in [5, 5.41) is 12.5. The molecule has 1 aliphatic rings. The molecule has 2 N–H and O–H groups in total. The summed E-state index contributed by atoms with van der Waals surface area (Å²) in [6.07, 6.45) is 4.39. The predicted molar refractivity (Wildman–Crippen MR) is 94.9 cm³/mol. The zero-order chi connectivity index (χ0) is 16.5. The normalized spacial score (nSPS) is 17.4. The van der Waals surface area contributed by atoms with Gasteiger partial charge in [-0.2, -0.15) is 0 Å².